The van der Waals surface area contributed by atoms with Crippen LogP contribution in [0.2, 0.25) is 5.02 Å². The fourth-order valence-electron chi connectivity index (χ4n) is 1.76. The van der Waals surface area contributed by atoms with Gasteiger partial charge < -0.3 is 14.4 Å². The van der Waals surface area contributed by atoms with E-state index in [1.54, 1.807) is 4.90 Å². The second-order valence-corrected chi connectivity index (χ2v) is 8.25. The van der Waals surface area contributed by atoms with Gasteiger partial charge in [0.15, 0.2) is 0 Å². The van der Waals surface area contributed by atoms with Crippen molar-refractivity contribution in [1.29, 1.82) is 0 Å². The molecule has 7 heteroatoms. The maximum atomic E-state index is 11.8. The van der Waals surface area contributed by atoms with Gasteiger partial charge in [0.05, 0.1) is 18.1 Å². The summed E-state index contributed by atoms with van der Waals surface area (Å²) < 4.78 is 13.1. The molecule has 0 atom stereocenters. The van der Waals surface area contributed by atoms with Gasteiger partial charge in [-0.3, -0.25) is 0 Å². The maximum absolute atomic E-state index is 11.8. The Bertz CT molecular complexity index is 556. The highest BCUT2D eigenvalue weighted by molar-refractivity contribution is 14.1. The largest absolute Gasteiger partial charge is 0.485 e. The van der Waals surface area contributed by atoms with Crippen LogP contribution in [0.5, 0.6) is 5.75 Å². The van der Waals surface area contributed by atoms with E-state index in [1.807, 2.05) is 32.9 Å². The van der Waals surface area contributed by atoms with Gasteiger partial charge >= 0.3 is 6.09 Å². The van der Waals surface area contributed by atoms with E-state index in [-0.39, 0.29) is 12.2 Å². The molecule has 0 spiro atoms. The minimum Gasteiger partial charge on any atom is -0.485 e. The van der Waals surface area contributed by atoms with Gasteiger partial charge in [0.2, 0.25) is 0 Å². The lowest BCUT2D eigenvalue weighted by molar-refractivity contribution is -0.0221. The van der Waals surface area contributed by atoms with Gasteiger partial charge in [0, 0.05) is 8.04 Å². The number of carbonyl (C=O) groups excluding carboxylic acids is 1. The topological polar surface area (TPSA) is 38.8 Å². The third kappa shape index (κ3) is 4.63. The monoisotopic (exact) mass is 487 g/mol. The van der Waals surface area contributed by atoms with Crippen LogP contribution >= 0.6 is 50.1 Å². The molecule has 1 heterocycles. The lowest BCUT2D eigenvalue weighted by Crippen LogP contribution is -2.57. The van der Waals surface area contributed by atoms with Crippen molar-refractivity contribution < 1.29 is 14.3 Å². The number of halogens is 3. The maximum Gasteiger partial charge on any atom is 0.410 e. The van der Waals surface area contributed by atoms with Crippen LogP contribution in [0.1, 0.15) is 20.8 Å². The number of hydrogen-bond donors (Lipinski definition) is 0. The van der Waals surface area contributed by atoms with E-state index < -0.39 is 5.60 Å². The summed E-state index contributed by atoms with van der Waals surface area (Å²) in [4.78, 5) is 13.4. The first-order valence-corrected chi connectivity index (χ1v) is 8.70. The molecule has 0 unspecified atom stereocenters. The molecule has 1 aromatic carbocycles. The summed E-state index contributed by atoms with van der Waals surface area (Å²) in [5.41, 5.74) is -0.478. The normalized spacial score (nSPS) is 15.6. The van der Waals surface area contributed by atoms with Crippen LogP contribution in [0, 0.1) is 3.57 Å². The molecule has 0 radical (unpaired) electrons. The van der Waals surface area contributed by atoms with Crippen molar-refractivity contribution in [3.63, 3.8) is 0 Å². The predicted octanol–water partition coefficient (Wildman–Crippen LogP) is 4.71. The highest BCUT2D eigenvalue weighted by Gasteiger charge is 2.35. The molecule has 116 valence electrons. The summed E-state index contributed by atoms with van der Waals surface area (Å²) >= 11 is 11.8. The van der Waals surface area contributed by atoms with Crippen LogP contribution in [0.25, 0.3) is 0 Å². The number of carbonyl (C=O) groups is 1. The van der Waals surface area contributed by atoms with Gasteiger partial charge in [-0.1, -0.05) is 11.6 Å². The number of nitrogens with zero attached hydrogens (tertiary/aromatic N) is 1. The Morgan fingerprint density at radius 1 is 1.43 bits per heavy atom. The summed E-state index contributed by atoms with van der Waals surface area (Å²) in [6, 6.07) is 3.69. The van der Waals surface area contributed by atoms with E-state index in [0.29, 0.717) is 23.9 Å². The summed E-state index contributed by atoms with van der Waals surface area (Å²) in [7, 11) is 0. The third-order valence-electron chi connectivity index (χ3n) is 2.77. The van der Waals surface area contributed by atoms with Gasteiger partial charge in [-0.15, -0.1) is 0 Å². The Kier molecular flexibility index (Phi) is 5.31. The molecule has 1 saturated heterocycles. The molecule has 1 fully saturated rings. The van der Waals surface area contributed by atoms with Crippen molar-refractivity contribution in [2.75, 3.05) is 13.1 Å². The van der Waals surface area contributed by atoms with Gasteiger partial charge in [-0.2, -0.15) is 0 Å². The van der Waals surface area contributed by atoms with Crippen molar-refractivity contribution in [3.8, 4) is 5.75 Å². The standard InChI is InChI=1S/C14H16BrClINO3/c1-14(2,3)21-13(19)18-6-8(7-18)20-12-5-11(17)9(15)4-10(12)16/h4-5,8H,6-7H2,1-3H3. The van der Waals surface area contributed by atoms with E-state index >= 15 is 0 Å². The van der Waals surface area contributed by atoms with Gasteiger partial charge in [-0.05, 0) is 71.4 Å². The van der Waals surface area contributed by atoms with Gasteiger partial charge in [0.25, 0.3) is 0 Å². The first kappa shape index (κ1) is 17.1. The minimum atomic E-state index is -0.478. The summed E-state index contributed by atoms with van der Waals surface area (Å²) in [6.07, 6.45) is -0.356. The lowest BCUT2D eigenvalue weighted by Gasteiger charge is -2.39. The zero-order valence-electron chi connectivity index (χ0n) is 12.0. The second-order valence-electron chi connectivity index (χ2n) is 5.82. The molecule has 0 aromatic heterocycles. The lowest BCUT2D eigenvalue weighted by atomic mass is 10.1. The van der Waals surface area contributed by atoms with Crippen molar-refractivity contribution in [2.45, 2.75) is 32.5 Å². The van der Waals surface area contributed by atoms with E-state index in [0.717, 1.165) is 8.04 Å². The second kappa shape index (κ2) is 6.50. The van der Waals surface area contributed by atoms with Crippen LogP contribution in [-0.4, -0.2) is 35.8 Å². The van der Waals surface area contributed by atoms with Crippen LogP contribution in [0.4, 0.5) is 4.79 Å². The number of ether oxygens (including phenoxy) is 2. The van der Waals surface area contributed by atoms with E-state index in [9.17, 15) is 4.79 Å². The number of likely N-dealkylation sites (tertiary alicyclic amines) is 1. The first-order valence-electron chi connectivity index (χ1n) is 6.45. The molecule has 1 amide bonds. The summed E-state index contributed by atoms with van der Waals surface area (Å²) in [5.74, 6) is 0.637. The predicted molar refractivity (Wildman–Crippen MR) is 94.1 cm³/mol. The molecule has 21 heavy (non-hydrogen) atoms. The Morgan fingerprint density at radius 3 is 2.62 bits per heavy atom. The number of amides is 1. The molecule has 0 saturated carbocycles. The average Bonchev–Trinajstić information content (AvgIpc) is 2.26. The molecule has 0 bridgehead atoms. The number of rotatable bonds is 2. The Morgan fingerprint density at radius 2 is 2.05 bits per heavy atom. The van der Waals surface area contributed by atoms with Crippen LogP contribution in [0.3, 0.4) is 0 Å². The number of hydrogen-bond acceptors (Lipinski definition) is 3. The van der Waals surface area contributed by atoms with Gasteiger partial charge in [-0.25, -0.2) is 4.79 Å². The molecular formula is C14H16BrClINO3. The number of benzene rings is 1. The zero-order valence-corrected chi connectivity index (χ0v) is 16.5. The van der Waals surface area contributed by atoms with E-state index in [1.165, 1.54) is 0 Å². The average molecular weight is 489 g/mol. The Hall–Kier alpha value is -0.210. The molecule has 2 rings (SSSR count). The quantitative estimate of drug-likeness (QED) is 0.447. The fraction of sp³-hybridized carbons (Fsp3) is 0.500. The first-order chi connectivity index (χ1) is 9.65. The molecule has 0 N–H and O–H groups in total. The Balaban J connectivity index is 1.89. The van der Waals surface area contributed by atoms with Crippen LogP contribution in [0.15, 0.2) is 16.6 Å². The molecule has 4 nitrogen and oxygen atoms in total. The molecular weight excluding hydrogens is 472 g/mol. The summed E-state index contributed by atoms with van der Waals surface area (Å²) in [6.45, 7) is 6.57. The molecule has 1 aliphatic rings. The SMILES string of the molecule is CC(C)(C)OC(=O)N1CC(Oc2cc(I)c(Br)cc2Cl)C1. The highest BCUT2D eigenvalue weighted by atomic mass is 127. The minimum absolute atomic E-state index is 0.0491. The molecule has 0 aliphatic carbocycles. The smallest absolute Gasteiger partial charge is 0.410 e. The Labute approximate surface area is 151 Å². The van der Waals surface area contributed by atoms with Crippen LogP contribution in [-0.2, 0) is 4.74 Å². The van der Waals surface area contributed by atoms with Crippen molar-refractivity contribution in [1.82, 2.24) is 4.90 Å². The molecule has 1 aromatic rings. The van der Waals surface area contributed by atoms with Gasteiger partial charge in [0.1, 0.15) is 17.5 Å². The van der Waals surface area contributed by atoms with Crippen LogP contribution < -0.4 is 4.74 Å². The van der Waals surface area contributed by atoms with Crippen molar-refractivity contribution in [2.24, 2.45) is 0 Å². The van der Waals surface area contributed by atoms with Crippen molar-refractivity contribution in [3.05, 3.63) is 25.2 Å². The zero-order chi connectivity index (χ0) is 15.8. The van der Waals surface area contributed by atoms with E-state index in [2.05, 4.69) is 38.5 Å². The fourth-order valence-corrected chi connectivity index (χ4v) is 2.88. The van der Waals surface area contributed by atoms with Crippen molar-refractivity contribution >= 4 is 56.2 Å². The summed E-state index contributed by atoms with van der Waals surface area (Å²) in [5, 5.41) is 0.554. The third-order valence-corrected chi connectivity index (χ3v) is 5.35. The molecule has 1 aliphatic heterocycles. The van der Waals surface area contributed by atoms with E-state index in [4.69, 9.17) is 21.1 Å². The highest BCUT2D eigenvalue weighted by Crippen LogP contribution is 2.33.